The molecular formula is C22H20N2O3S. The molecule has 142 valence electrons. The second-order valence-electron chi connectivity index (χ2n) is 6.08. The van der Waals surface area contributed by atoms with E-state index in [0.29, 0.717) is 17.0 Å². The van der Waals surface area contributed by atoms with Gasteiger partial charge in [-0.25, -0.2) is 0 Å². The van der Waals surface area contributed by atoms with E-state index in [1.165, 1.54) is 11.3 Å². The summed E-state index contributed by atoms with van der Waals surface area (Å²) in [5, 5.41) is 7.46. The van der Waals surface area contributed by atoms with Crippen molar-refractivity contribution in [2.45, 2.75) is 6.92 Å². The van der Waals surface area contributed by atoms with Gasteiger partial charge in [-0.2, -0.15) is 0 Å². The van der Waals surface area contributed by atoms with Crippen LogP contribution in [0, 0.1) is 6.92 Å². The Morgan fingerprint density at radius 1 is 1.04 bits per heavy atom. The second-order valence-corrected chi connectivity index (χ2v) is 7.06. The van der Waals surface area contributed by atoms with Crippen LogP contribution in [0.3, 0.4) is 0 Å². The fraction of sp³-hybridized carbons (Fsp3) is 0.0909. The Labute approximate surface area is 167 Å². The van der Waals surface area contributed by atoms with Crippen LogP contribution in [-0.4, -0.2) is 18.9 Å². The minimum atomic E-state index is -0.388. The zero-order valence-electron chi connectivity index (χ0n) is 15.6. The molecule has 2 amide bonds. The number of carbonyl (C=O) groups is 2. The lowest BCUT2D eigenvalue weighted by molar-refractivity contribution is -0.113. The molecule has 0 aliphatic rings. The van der Waals surface area contributed by atoms with E-state index in [4.69, 9.17) is 4.74 Å². The van der Waals surface area contributed by atoms with Gasteiger partial charge in [-0.15, -0.1) is 11.3 Å². The number of carbonyl (C=O) groups excluding carboxylic acids is 2. The summed E-state index contributed by atoms with van der Waals surface area (Å²) in [6.45, 7) is 1.95. The average molecular weight is 392 g/mol. The molecule has 1 aromatic heterocycles. The van der Waals surface area contributed by atoms with Crippen LogP contribution in [0.5, 0.6) is 5.75 Å². The van der Waals surface area contributed by atoms with Gasteiger partial charge >= 0.3 is 0 Å². The predicted molar refractivity (Wildman–Crippen MR) is 113 cm³/mol. The molecule has 0 unspecified atom stereocenters. The molecule has 0 bridgehead atoms. The maximum absolute atomic E-state index is 12.8. The normalized spacial score (nSPS) is 11.0. The SMILES string of the molecule is COc1ccc(C(=O)N/C(=C\c2cccs2)C(=O)Nc2cccc(C)c2)cc1. The van der Waals surface area contributed by atoms with Crippen molar-refractivity contribution < 1.29 is 14.3 Å². The number of thiophene rings is 1. The molecule has 0 aliphatic heterocycles. The Morgan fingerprint density at radius 2 is 1.82 bits per heavy atom. The first-order valence-electron chi connectivity index (χ1n) is 8.64. The number of nitrogens with one attached hydrogen (secondary N) is 2. The van der Waals surface area contributed by atoms with Gasteiger partial charge in [0.2, 0.25) is 0 Å². The van der Waals surface area contributed by atoms with Crippen LogP contribution < -0.4 is 15.4 Å². The van der Waals surface area contributed by atoms with E-state index in [2.05, 4.69) is 10.6 Å². The van der Waals surface area contributed by atoms with Gasteiger partial charge < -0.3 is 15.4 Å². The Kier molecular flexibility index (Phi) is 6.24. The van der Waals surface area contributed by atoms with Gasteiger partial charge in [0.1, 0.15) is 11.4 Å². The van der Waals surface area contributed by atoms with Crippen molar-refractivity contribution in [3.63, 3.8) is 0 Å². The number of benzene rings is 2. The van der Waals surface area contributed by atoms with E-state index in [-0.39, 0.29) is 17.5 Å². The zero-order chi connectivity index (χ0) is 19.9. The van der Waals surface area contributed by atoms with Crippen LogP contribution in [0.15, 0.2) is 71.7 Å². The molecule has 5 nitrogen and oxygen atoms in total. The van der Waals surface area contributed by atoms with E-state index < -0.39 is 0 Å². The van der Waals surface area contributed by atoms with Crippen molar-refractivity contribution in [1.82, 2.24) is 5.32 Å². The molecule has 2 N–H and O–H groups in total. The minimum absolute atomic E-state index is 0.171. The van der Waals surface area contributed by atoms with Crippen LogP contribution in [0.25, 0.3) is 6.08 Å². The predicted octanol–water partition coefficient (Wildman–Crippen LogP) is 4.47. The fourth-order valence-corrected chi connectivity index (χ4v) is 3.19. The lowest BCUT2D eigenvalue weighted by atomic mass is 10.2. The fourth-order valence-electron chi connectivity index (χ4n) is 2.53. The van der Waals surface area contributed by atoms with Crippen molar-refractivity contribution in [2.75, 3.05) is 12.4 Å². The third kappa shape index (κ3) is 5.08. The minimum Gasteiger partial charge on any atom is -0.497 e. The molecule has 0 aliphatic carbocycles. The molecule has 0 atom stereocenters. The van der Waals surface area contributed by atoms with Crippen molar-refractivity contribution in [3.8, 4) is 5.75 Å². The number of aryl methyl sites for hydroxylation is 1. The molecule has 3 aromatic rings. The van der Waals surface area contributed by atoms with Crippen LogP contribution in [0.1, 0.15) is 20.8 Å². The highest BCUT2D eigenvalue weighted by Gasteiger charge is 2.15. The number of ether oxygens (including phenoxy) is 1. The van der Waals surface area contributed by atoms with Crippen molar-refractivity contribution >= 4 is 34.9 Å². The standard InChI is InChI=1S/C22H20N2O3S/c1-15-5-3-6-17(13-15)23-22(26)20(14-19-7-4-12-28-19)24-21(25)16-8-10-18(27-2)11-9-16/h3-14H,1-2H3,(H,23,26)(H,24,25)/b20-14-. The van der Waals surface area contributed by atoms with Crippen LogP contribution in [0.4, 0.5) is 5.69 Å². The Bertz CT molecular complexity index is 993. The summed E-state index contributed by atoms with van der Waals surface area (Å²) in [4.78, 5) is 26.3. The maximum Gasteiger partial charge on any atom is 0.272 e. The Hall–Kier alpha value is -3.38. The summed E-state index contributed by atoms with van der Waals surface area (Å²) < 4.78 is 5.11. The molecule has 0 saturated carbocycles. The van der Waals surface area contributed by atoms with Gasteiger partial charge in [0, 0.05) is 16.1 Å². The molecule has 0 radical (unpaired) electrons. The molecule has 3 rings (SSSR count). The van der Waals surface area contributed by atoms with Crippen LogP contribution >= 0.6 is 11.3 Å². The Morgan fingerprint density at radius 3 is 2.46 bits per heavy atom. The van der Waals surface area contributed by atoms with Gasteiger partial charge in [0.05, 0.1) is 7.11 Å². The Balaban J connectivity index is 1.82. The lowest BCUT2D eigenvalue weighted by Gasteiger charge is -2.11. The molecule has 0 spiro atoms. The number of hydrogen-bond donors (Lipinski definition) is 2. The van der Waals surface area contributed by atoms with Gasteiger partial charge in [0.15, 0.2) is 0 Å². The monoisotopic (exact) mass is 392 g/mol. The van der Waals surface area contributed by atoms with Crippen molar-refractivity contribution in [3.05, 3.63) is 87.7 Å². The first-order chi connectivity index (χ1) is 13.5. The molecule has 6 heteroatoms. The molecule has 1 heterocycles. The van der Waals surface area contributed by atoms with E-state index in [1.807, 2.05) is 42.6 Å². The first-order valence-corrected chi connectivity index (χ1v) is 9.52. The molecule has 0 saturated heterocycles. The second kappa shape index (κ2) is 9.01. The first kappa shape index (κ1) is 19.4. The summed E-state index contributed by atoms with van der Waals surface area (Å²) in [6.07, 6.45) is 1.66. The maximum atomic E-state index is 12.8. The highest BCUT2D eigenvalue weighted by atomic mass is 32.1. The number of hydrogen-bond acceptors (Lipinski definition) is 4. The summed E-state index contributed by atoms with van der Waals surface area (Å²) in [5.74, 6) is -0.103. The number of methoxy groups -OCH3 is 1. The van der Waals surface area contributed by atoms with Gasteiger partial charge in [-0.3, -0.25) is 9.59 Å². The third-order valence-corrected chi connectivity index (χ3v) is 4.77. The molecule has 28 heavy (non-hydrogen) atoms. The highest BCUT2D eigenvalue weighted by Crippen LogP contribution is 2.16. The van der Waals surface area contributed by atoms with Crippen molar-refractivity contribution in [2.24, 2.45) is 0 Å². The summed E-state index contributed by atoms with van der Waals surface area (Å²) in [5.41, 5.74) is 2.30. The number of rotatable bonds is 6. The van der Waals surface area contributed by atoms with Gasteiger partial charge in [0.25, 0.3) is 11.8 Å². The third-order valence-electron chi connectivity index (χ3n) is 3.95. The van der Waals surface area contributed by atoms with E-state index in [9.17, 15) is 9.59 Å². The van der Waals surface area contributed by atoms with Crippen LogP contribution in [0.2, 0.25) is 0 Å². The lowest BCUT2D eigenvalue weighted by Crippen LogP contribution is -2.30. The molecule has 0 fully saturated rings. The molecule has 2 aromatic carbocycles. The summed E-state index contributed by atoms with van der Waals surface area (Å²) in [7, 11) is 1.56. The smallest absolute Gasteiger partial charge is 0.272 e. The van der Waals surface area contributed by atoms with E-state index in [0.717, 1.165) is 10.4 Å². The zero-order valence-corrected chi connectivity index (χ0v) is 16.4. The van der Waals surface area contributed by atoms with Gasteiger partial charge in [-0.05, 0) is 66.4 Å². The number of amides is 2. The largest absolute Gasteiger partial charge is 0.497 e. The van der Waals surface area contributed by atoms with Crippen molar-refractivity contribution in [1.29, 1.82) is 0 Å². The summed E-state index contributed by atoms with van der Waals surface area (Å²) >= 11 is 1.48. The van der Waals surface area contributed by atoms with Crippen LogP contribution in [-0.2, 0) is 4.79 Å². The highest BCUT2D eigenvalue weighted by molar-refractivity contribution is 7.10. The molecular weight excluding hydrogens is 372 g/mol. The number of anilines is 1. The van der Waals surface area contributed by atoms with Gasteiger partial charge in [-0.1, -0.05) is 18.2 Å². The quantitative estimate of drug-likeness (QED) is 0.608. The average Bonchev–Trinajstić information content (AvgIpc) is 3.20. The topological polar surface area (TPSA) is 67.4 Å². The summed E-state index contributed by atoms with van der Waals surface area (Å²) in [6, 6.07) is 17.9. The van der Waals surface area contributed by atoms with E-state index >= 15 is 0 Å². The van der Waals surface area contributed by atoms with E-state index in [1.54, 1.807) is 43.5 Å².